The van der Waals surface area contributed by atoms with Gasteiger partial charge in [-0.2, -0.15) is 0 Å². The van der Waals surface area contributed by atoms with Gasteiger partial charge < -0.3 is 10.8 Å². The van der Waals surface area contributed by atoms with E-state index in [0.717, 1.165) is 22.9 Å². The van der Waals surface area contributed by atoms with Crippen molar-refractivity contribution in [3.8, 4) is 0 Å². The second-order valence-corrected chi connectivity index (χ2v) is 7.35. The minimum atomic E-state index is -0.876. The largest absolute Gasteiger partial charge is 0.385 e. The standard InChI is InChI=1S/C17H26BrNO/c1-3-13-6-5-9-17(11-13,12-19)16(2,20)14-7-4-8-15(18)10-14/h4,7-8,10,13,20H,3,5-6,9,11-12,19H2,1-2H3. The SMILES string of the molecule is CCC1CCCC(CN)(C(C)(O)c2cccc(Br)c2)C1. The summed E-state index contributed by atoms with van der Waals surface area (Å²) in [5.74, 6) is 0.686. The first kappa shape index (κ1) is 16.0. The van der Waals surface area contributed by atoms with Gasteiger partial charge in [0, 0.05) is 16.4 Å². The van der Waals surface area contributed by atoms with E-state index in [0.29, 0.717) is 12.5 Å². The van der Waals surface area contributed by atoms with E-state index < -0.39 is 5.60 Å². The Balaban J connectivity index is 2.38. The zero-order valence-electron chi connectivity index (χ0n) is 12.5. The van der Waals surface area contributed by atoms with Gasteiger partial charge in [0.1, 0.15) is 0 Å². The van der Waals surface area contributed by atoms with Gasteiger partial charge in [-0.05, 0) is 43.4 Å². The fourth-order valence-electron chi connectivity index (χ4n) is 3.76. The lowest BCUT2D eigenvalue weighted by Gasteiger charge is -2.50. The summed E-state index contributed by atoms with van der Waals surface area (Å²) in [5.41, 5.74) is 6.03. The fourth-order valence-corrected chi connectivity index (χ4v) is 4.16. The van der Waals surface area contributed by atoms with Crippen LogP contribution in [0, 0.1) is 11.3 Å². The van der Waals surface area contributed by atoms with E-state index >= 15 is 0 Å². The summed E-state index contributed by atoms with van der Waals surface area (Å²) in [6.07, 6.45) is 5.65. The van der Waals surface area contributed by atoms with Crippen LogP contribution in [0.4, 0.5) is 0 Å². The smallest absolute Gasteiger partial charge is 0.0936 e. The van der Waals surface area contributed by atoms with E-state index in [1.165, 1.54) is 19.3 Å². The average molecular weight is 340 g/mol. The van der Waals surface area contributed by atoms with Crippen molar-refractivity contribution in [1.82, 2.24) is 0 Å². The van der Waals surface area contributed by atoms with Crippen LogP contribution in [0.25, 0.3) is 0 Å². The third-order valence-corrected chi connectivity index (χ3v) is 5.83. The van der Waals surface area contributed by atoms with Crippen LogP contribution in [0.1, 0.15) is 51.5 Å². The highest BCUT2D eigenvalue weighted by Crippen LogP contribution is 2.51. The van der Waals surface area contributed by atoms with E-state index in [-0.39, 0.29) is 5.41 Å². The lowest BCUT2D eigenvalue weighted by molar-refractivity contribution is -0.102. The summed E-state index contributed by atoms with van der Waals surface area (Å²) < 4.78 is 1.00. The van der Waals surface area contributed by atoms with Crippen molar-refractivity contribution in [2.24, 2.45) is 17.1 Å². The molecule has 0 aromatic heterocycles. The van der Waals surface area contributed by atoms with Crippen molar-refractivity contribution in [2.45, 2.75) is 51.6 Å². The highest BCUT2D eigenvalue weighted by Gasteiger charge is 2.49. The molecule has 1 aliphatic rings. The number of aliphatic hydroxyl groups is 1. The molecule has 1 aromatic rings. The summed E-state index contributed by atoms with van der Waals surface area (Å²) in [6, 6.07) is 8.01. The Bertz CT molecular complexity index is 460. The van der Waals surface area contributed by atoms with Crippen LogP contribution < -0.4 is 5.73 Å². The molecule has 1 aromatic carbocycles. The first-order valence-corrected chi connectivity index (χ1v) is 8.43. The van der Waals surface area contributed by atoms with Gasteiger partial charge in [-0.15, -0.1) is 0 Å². The van der Waals surface area contributed by atoms with Crippen molar-refractivity contribution in [1.29, 1.82) is 0 Å². The molecule has 1 aliphatic carbocycles. The Morgan fingerprint density at radius 3 is 2.85 bits per heavy atom. The van der Waals surface area contributed by atoms with Crippen LogP contribution >= 0.6 is 15.9 Å². The number of halogens is 1. The molecule has 0 radical (unpaired) electrons. The third-order valence-electron chi connectivity index (χ3n) is 5.33. The molecule has 0 heterocycles. The molecule has 20 heavy (non-hydrogen) atoms. The van der Waals surface area contributed by atoms with Crippen LogP contribution in [0.2, 0.25) is 0 Å². The maximum atomic E-state index is 11.3. The number of rotatable bonds is 4. The van der Waals surface area contributed by atoms with E-state index in [4.69, 9.17) is 5.73 Å². The van der Waals surface area contributed by atoms with Gasteiger partial charge in [-0.1, -0.05) is 54.2 Å². The van der Waals surface area contributed by atoms with Crippen LogP contribution in [0.15, 0.2) is 28.7 Å². The predicted molar refractivity (Wildman–Crippen MR) is 87.4 cm³/mol. The monoisotopic (exact) mass is 339 g/mol. The quantitative estimate of drug-likeness (QED) is 0.863. The van der Waals surface area contributed by atoms with Crippen LogP contribution in [-0.4, -0.2) is 11.7 Å². The molecule has 0 aliphatic heterocycles. The Morgan fingerprint density at radius 2 is 2.25 bits per heavy atom. The zero-order valence-corrected chi connectivity index (χ0v) is 14.1. The predicted octanol–water partition coefficient (Wildman–Crippen LogP) is 4.20. The van der Waals surface area contributed by atoms with Crippen LogP contribution in [-0.2, 0) is 5.60 Å². The molecule has 1 fully saturated rings. The minimum Gasteiger partial charge on any atom is -0.385 e. The van der Waals surface area contributed by atoms with Crippen LogP contribution in [0.5, 0.6) is 0 Å². The van der Waals surface area contributed by atoms with Gasteiger partial charge in [0.15, 0.2) is 0 Å². The summed E-state index contributed by atoms with van der Waals surface area (Å²) in [6.45, 7) is 4.73. The van der Waals surface area contributed by atoms with Gasteiger partial charge in [-0.25, -0.2) is 0 Å². The molecular formula is C17H26BrNO. The van der Waals surface area contributed by atoms with Gasteiger partial charge in [0.2, 0.25) is 0 Å². The maximum absolute atomic E-state index is 11.3. The van der Waals surface area contributed by atoms with Crippen molar-refractivity contribution < 1.29 is 5.11 Å². The van der Waals surface area contributed by atoms with Crippen molar-refractivity contribution in [3.05, 3.63) is 34.3 Å². The number of hydrogen-bond acceptors (Lipinski definition) is 2. The van der Waals surface area contributed by atoms with Gasteiger partial charge in [0.25, 0.3) is 0 Å². The fraction of sp³-hybridized carbons (Fsp3) is 0.647. The third kappa shape index (κ3) is 2.81. The van der Waals surface area contributed by atoms with Crippen molar-refractivity contribution in [2.75, 3.05) is 6.54 Å². The summed E-state index contributed by atoms with van der Waals surface area (Å²) in [5, 5.41) is 11.3. The van der Waals surface area contributed by atoms with Gasteiger partial charge >= 0.3 is 0 Å². The molecule has 2 rings (SSSR count). The van der Waals surface area contributed by atoms with E-state index in [9.17, 15) is 5.11 Å². The molecule has 0 bridgehead atoms. The molecular weight excluding hydrogens is 314 g/mol. The Labute approximate surface area is 130 Å². The molecule has 0 amide bonds. The highest BCUT2D eigenvalue weighted by atomic mass is 79.9. The summed E-state index contributed by atoms with van der Waals surface area (Å²) >= 11 is 3.50. The first-order valence-electron chi connectivity index (χ1n) is 7.63. The molecule has 112 valence electrons. The number of nitrogens with two attached hydrogens (primary N) is 1. The van der Waals surface area contributed by atoms with E-state index in [1.54, 1.807) is 0 Å². The number of hydrogen-bond donors (Lipinski definition) is 2. The molecule has 2 nitrogen and oxygen atoms in total. The highest BCUT2D eigenvalue weighted by molar-refractivity contribution is 9.10. The van der Waals surface area contributed by atoms with Gasteiger partial charge in [-0.3, -0.25) is 0 Å². The lowest BCUT2D eigenvalue weighted by atomic mass is 9.59. The maximum Gasteiger partial charge on any atom is 0.0936 e. The Morgan fingerprint density at radius 1 is 1.50 bits per heavy atom. The van der Waals surface area contributed by atoms with Crippen LogP contribution in [0.3, 0.4) is 0 Å². The first-order chi connectivity index (χ1) is 9.45. The average Bonchev–Trinajstić information content (AvgIpc) is 2.47. The molecule has 3 atom stereocenters. The molecule has 0 saturated heterocycles. The van der Waals surface area contributed by atoms with Crippen molar-refractivity contribution >= 4 is 15.9 Å². The topological polar surface area (TPSA) is 46.2 Å². The second kappa shape index (κ2) is 6.17. The molecule has 0 spiro atoms. The van der Waals surface area contributed by atoms with E-state index in [1.807, 2.05) is 31.2 Å². The molecule has 3 heteroatoms. The van der Waals surface area contributed by atoms with Gasteiger partial charge in [0.05, 0.1) is 5.60 Å². The Kier molecular flexibility index (Phi) is 4.93. The lowest BCUT2D eigenvalue weighted by Crippen LogP contribution is -2.51. The van der Waals surface area contributed by atoms with Crippen molar-refractivity contribution in [3.63, 3.8) is 0 Å². The minimum absolute atomic E-state index is 0.202. The van der Waals surface area contributed by atoms with E-state index in [2.05, 4.69) is 22.9 Å². The zero-order chi connectivity index (χ0) is 14.8. The second-order valence-electron chi connectivity index (χ2n) is 6.44. The Hall–Kier alpha value is -0.380. The number of benzene rings is 1. The molecule has 3 N–H and O–H groups in total. The summed E-state index contributed by atoms with van der Waals surface area (Å²) in [7, 11) is 0. The summed E-state index contributed by atoms with van der Waals surface area (Å²) in [4.78, 5) is 0. The molecule has 1 saturated carbocycles. The normalized spacial score (nSPS) is 29.9. The molecule has 3 unspecified atom stereocenters.